The molecule has 3 aromatic heterocycles. The maximum atomic E-state index is 8.27. The fraction of sp³-hybridized carbons (Fsp3) is 0.543. The topological polar surface area (TPSA) is 73.3 Å². The second kappa shape index (κ2) is 12.6. The number of hydrogen-bond acceptors (Lipinski definition) is 6. The summed E-state index contributed by atoms with van der Waals surface area (Å²) >= 11 is 6.95. The molecule has 2 aliphatic heterocycles. The standard InChI is InChI=1S/C35H47ClN4O5Si2/c1-35(2,3)47(9,10)45-28-20-43-32-27(19-42-33(28)32)44-34-31(37-4)30-26(40(34)21-41-15-16-46(6,7)8)18-24(36)29(38-30)23-11-12-25-22(17-23)13-14-39(25)5/h11-14,17-18,27-28,32-33H,15-16,19-21H2,1-3,5-10H3/t27-,28-,32-,33-/m1/s1. The van der Waals surface area contributed by atoms with Gasteiger partial charge in [-0.05, 0) is 48.4 Å². The van der Waals surface area contributed by atoms with E-state index in [1.54, 1.807) is 0 Å². The highest BCUT2D eigenvalue weighted by molar-refractivity contribution is 6.76. The van der Waals surface area contributed by atoms with Crippen molar-refractivity contribution >= 4 is 55.6 Å². The smallest absolute Gasteiger partial charge is 0.272 e. The lowest BCUT2D eigenvalue weighted by atomic mass is 10.1. The Balaban J connectivity index is 1.35. The first kappa shape index (κ1) is 34.2. The SMILES string of the molecule is [C-]#[N+]c1c(O[C@@H]2CO[C@H]3[C@@H]2OC[C@H]3O[Si](C)(C)C(C)(C)C)n(COCC[Si](C)(C)C)c2cc(Cl)c(-c3ccc4c(ccn4C)c3)nc12. The van der Waals surface area contributed by atoms with Crippen molar-refractivity contribution < 1.29 is 23.4 Å². The van der Waals surface area contributed by atoms with Gasteiger partial charge in [0.25, 0.3) is 5.69 Å². The van der Waals surface area contributed by atoms with Crippen LogP contribution in [-0.4, -0.2) is 74.7 Å². The molecule has 0 spiro atoms. The van der Waals surface area contributed by atoms with E-state index in [-0.39, 0.29) is 30.1 Å². The number of nitrogens with zero attached hydrogens (tertiary/aromatic N) is 4. The van der Waals surface area contributed by atoms with Gasteiger partial charge in [-0.2, -0.15) is 0 Å². The maximum Gasteiger partial charge on any atom is 0.272 e. The van der Waals surface area contributed by atoms with E-state index in [9.17, 15) is 0 Å². The molecule has 1 aromatic carbocycles. The molecule has 9 nitrogen and oxygen atoms in total. The lowest BCUT2D eigenvalue weighted by molar-refractivity contribution is 0.00890. The van der Waals surface area contributed by atoms with Crippen LogP contribution in [0.15, 0.2) is 36.5 Å². The maximum absolute atomic E-state index is 8.27. The minimum atomic E-state index is -2.04. The number of aromatic nitrogens is 3. The molecule has 2 saturated heterocycles. The number of pyridine rings is 1. The van der Waals surface area contributed by atoms with Crippen molar-refractivity contribution in [1.29, 1.82) is 0 Å². The number of rotatable bonds is 10. The number of hydrogen-bond donors (Lipinski definition) is 0. The van der Waals surface area contributed by atoms with Crippen LogP contribution in [0.3, 0.4) is 0 Å². The molecule has 0 unspecified atom stereocenters. The van der Waals surface area contributed by atoms with E-state index in [4.69, 9.17) is 46.5 Å². The molecule has 2 fully saturated rings. The summed E-state index contributed by atoms with van der Waals surface area (Å²) in [6, 6.07) is 11.1. The van der Waals surface area contributed by atoms with Crippen LogP contribution in [0, 0.1) is 6.57 Å². The molecular formula is C35H47ClN4O5Si2. The second-order valence-corrected chi connectivity index (χ2v) is 26.4. The predicted molar refractivity (Wildman–Crippen MR) is 193 cm³/mol. The Bertz CT molecular complexity index is 1830. The molecule has 12 heteroatoms. The molecule has 0 bridgehead atoms. The molecule has 0 saturated carbocycles. The highest BCUT2D eigenvalue weighted by Gasteiger charge is 2.52. The first-order chi connectivity index (χ1) is 22.1. The fourth-order valence-electron chi connectivity index (χ4n) is 6.04. The van der Waals surface area contributed by atoms with Gasteiger partial charge in [0, 0.05) is 44.4 Å². The van der Waals surface area contributed by atoms with Crippen molar-refractivity contribution in [2.24, 2.45) is 7.05 Å². The molecule has 0 radical (unpaired) electrons. The lowest BCUT2D eigenvalue weighted by Crippen LogP contribution is -2.47. The van der Waals surface area contributed by atoms with E-state index in [2.05, 4.69) is 81.1 Å². The second-order valence-electron chi connectivity index (χ2n) is 15.6. The van der Waals surface area contributed by atoms with Gasteiger partial charge >= 0.3 is 0 Å². The molecular weight excluding hydrogens is 648 g/mol. The summed E-state index contributed by atoms with van der Waals surface area (Å²) in [5, 5.41) is 1.65. The summed E-state index contributed by atoms with van der Waals surface area (Å²) < 4.78 is 36.2. The molecule has 2 aliphatic rings. The fourth-order valence-corrected chi connectivity index (χ4v) is 8.37. The van der Waals surface area contributed by atoms with Crippen LogP contribution in [0.2, 0.25) is 48.8 Å². The largest absolute Gasteiger partial charge is 0.479 e. The van der Waals surface area contributed by atoms with Crippen molar-refractivity contribution in [1.82, 2.24) is 14.1 Å². The molecule has 47 heavy (non-hydrogen) atoms. The zero-order valence-electron chi connectivity index (χ0n) is 29.0. The Kier molecular flexibility index (Phi) is 9.19. The minimum Gasteiger partial charge on any atom is -0.479 e. The minimum absolute atomic E-state index is 0.0700. The van der Waals surface area contributed by atoms with Crippen molar-refractivity contribution in [3.63, 3.8) is 0 Å². The molecule has 6 rings (SSSR count). The lowest BCUT2D eigenvalue weighted by Gasteiger charge is -2.39. The number of benzene rings is 1. The molecule has 5 heterocycles. The quantitative estimate of drug-likeness (QED) is 0.0940. The number of ether oxygens (including phenoxy) is 4. The average molecular weight is 695 g/mol. The van der Waals surface area contributed by atoms with E-state index >= 15 is 0 Å². The summed E-state index contributed by atoms with van der Waals surface area (Å²) in [6.45, 7) is 28.0. The van der Waals surface area contributed by atoms with Crippen molar-refractivity contribution in [2.75, 3.05) is 19.8 Å². The molecule has 0 aliphatic carbocycles. The van der Waals surface area contributed by atoms with Crippen LogP contribution in [0.25, 0.3) is 38.0 Å². The number of halogens is 1. The van der Waals surface area contributed by atoms with Crippen molar-refractivity contribution in [3.05, 3.63) is 53.0 Å². The third kappa shape index (κ3) is 6.66. The van der Waals surface area contributed by atoms with Crippen molar-refractivity contribution in [2.45, 2.75) is 95.7 Å². The van der Waals surface area contributed by atoms with E-state index in [0.29, 0.717) is 53.1 Å². The van der Waals surface area contributed by atoms with Gasteiger partial charge in [-0.15, -0.1) is 0 Å². The van der Waals surface area contributed by atoms with E-state index in [1.165, 1.54) is 0 Å². The van der Waals surface area contributed by atoms with Gasteiger partial charge < -0.3 is 27.9 Å². The Labute approximate surface area is 285 Å². The van der Waals surface area contributed by atoms with Gasteiger partial charge in [0.1, 0.15) is 18.9 Å². The van der Waals surface area contributed by atoms with E-state index in [0.717, 1.165) is 22.5 Å². The zero-order valence-corrected chi connectivity index (χ0v) is 31.8. The Morgan fingerprint density at radius 1 is 1.02 bits per heavy atom. The summed E-state index contributed by atoms with van der Waals surface area (Å²) in [5.41, 5.74) is 4.16. The third-order valence-electron chi connectivity index (χ3n) is 9.88. The number of fused-ring (bicyclic) bond motifs is 3. The zero-order chi connectivity index (χ0) is 33.9. The van der Waals surface area contributed by atoms with Gasteiger partial charge in [0.05, 0.1) is 47.6 Å². The van der Waals surface area contributed by atoms with Gasteiger partial charge in [0.15, 0.2) is 14.4 Å². The molecule has 252 valence electrons. The van der Waals surface area contributed by atoms with Crippen LogP contribution in [0.4, 0.5) is 5.69 Å². The van der Waals surface area contributed by atoms with E-state index < -0.39 is 22.5 Å². The molecule has 0 N–H and O–H groups in total. The van der Waals surface area contributed by atoms with Crippen LogP contribution in [-0.2, 0) is 32.4 Å². The summed E-state index contributed by atoms with van der Waals surface area (Å²) in [4.78, 5) is 8.98. The van der Waals surface area contributed by atoms with E-state index in [1.807, 2.05) is 29.9 Å². The Morgan fingerprint density at radius 3 is 2.40 bits per heavy atom. The van der Waals surface area contributed by atoms with Crippen LogP contribution in [0.5, 0.6) is 5.88 Å². The molecule has 4 aromatic rings. The highest BCUT2D eigenvalue weighted by Crippen LogP contribution is 2.45. The molecule has 0 amide bonds. The van der Waals surface area contributed by atoms with Crippen molar-refractivity contribution in [3.8, 4) is 17.1 Å². The predicted octanol–water partition coefficient (Wildman–Crippen LogP) is 8.65. The molecule has 4 atom stereocenters. The van der Waals surface area contributed by atoms with Gasteiger partial charge in [-0.1, -0.05) is 58.1 Å². The van der Waals surface area contributed by atoms with Gasteiger partial charge in [-0.3, -0.25) is 9.55 Å². The summed E-state index contributed by atoms with van der Waals surface area (Å²) in [5.74, 6) is 0.397. The third-order valence-corrected chi connectivity index (χ3v) is 16.4. The number of aryl methyl sites for hydroxylation is 1. The monoisotopic (exact) mass is 694 g/mol. The summed E-state index contributed by atoms with van der Waals surface area (Å²) in [7, 11) is -1.32. The average Bonchev–Trinajstić information content (AvgIpc) is 3.73. The van der Waals surface area contributed by atoms with Gasteiger partial charge in [-0.25, -0.2) is 4.85 Å². The van der Waals surface area contributed by atoms with Crippen LogP contribution < -0.4 is 4.74 Å². The van der Waals surface area contributed by atoms with Crippen LogP contribution >= 0.6 is 11.6 Å². The Morgan fingerprint density at radius 2 is 1.72 bits per heavy atom. The Hall–Kier alpha value is -2.70. The van der Waals surface area contributed by atoms with Crippen LogP contribution in [0.1, 0.15) is 20.8 Å². The first-order valence-electron chi connectivity index (χ1n) is 16.4. The normalized spacial score (nSPS) is 21.9. The summed E-state index contributed by atoms with van der Waals surface area (Å²) in [6.07, 6.45) is 0.906. The van der Waals surface area contributed by atoms with Gasteiger partial charge in [0.2, 0.25) is 5.88 Å². The highest BCUT2D eigenvalue weighted by atomic mass is 35.5. The first-order valence-corrected chi connectivity index (χ1v) is 23.4.